The highest BCUT2D eigenvalue weighted by atomic mass is 32.1. The van der Waals surface area contributed by atoms with E-state index in [1.807, 2.05) is 13.1 Å². The predicted octanol–water partition coefficient (Wildman–Crippen LogP) is 3.00. The largest absolute Gasteiger partial charge is 0.299 e. The first kappa shape index (κ1) is 10.8. The van der Waals surface area contributed by atoms with E-state index in [2.05, 4.69) is 11.9 Å². The second-order valence-corrected chi connectivity index (χ2v) is 5.91. The molecule has 1 fully saturated rings. The summed E-state index contributed by atoms with van der Waals surface area (Å²) in [5.41, 5.74) is 0. The summed E-state index contributed by atoms with van der Waals surface area (Å²) in [7, 11) is 0. The Morgan fingerprint density at radius 2 is 2.40 bits per heavy atom. The molecule has 1 aliphatic carbocycles. The zero-order valence-electron chi connectivity index (χ0n) is 9.32. The molecule has 1 aromatic heterocycles. The average molecular weight is 223 g/mol. The molecule has 0 amide bonds. The van der Waals surface area contributed by atoms with E-state index in [1.54, 1.807) is 11.3 Å². The van der Waals surface area contributed by atoms with Gasteiger partial charge in [0, 0.05) is 23.4 Å². The van der Waals surface area contributed by atoms with Crippen LogP contribution in [0.5, 0.6) is 0 Å². The second-order valence-electron chi connectivity index (χ2n) is 4.59. The smallest absolute Gasteiger partial charge is 0.136 e. The number of carbonyl (C=O) groups is 1. The first-order valence-electron chi connectivity index (χ1n) is 5.59. The van der Waals surface area contributed by atoms with Gasteiger partial charge in [-0.05, 0) is 32.1 Å². The first-order valence-corrected chi connectivity index (χ1v) is 6.41. The standard InChI is InChI=1S/C12H17NOS/c1-8-3-4-12(14)10(5-8)6-11-7-13-9(2)15-11/h7-8,10H,3-6H2,1-2H3. The van der Waals surface area contributed by atoms with Gasteiger partial charge >= 0.3 is 0 Å². The van der Waals surface area contributed by atoms with Crippen molar-refractivity contribution in [2.24, 2.45) is 11.8 Å². The minimum Gasteiger partial charge on any atom is -0.299 e. The summed E-state index contributed by atoms with van der Waals surface area (Å²) in [5, 5.41) is 1.10. The van der Waals surface area contributed by atoms with Crippen molar-refractivity contribution < 1.29 is 4.79 Å². The van der Waals surface area contributed by atoms with Crippen LogP contribution >= 0.6 is 11.3 Å². The highest BCUT2D eigenvalue weighted by Gasteiger charge is 2.26. The summed E-state index contributed by atoms with van der Waals surface area (Å²) in [6.07, 6.45) is 5.76. The molecule has 0 saturated heterocycles. The van der Waals surface area contributed by atoms with E-state index in [0.717, 1.165) is 30.7 Å². The van der Waals surface area contributed by atoms with Crippen LogP contribution in [0.15, 0.2) is 6.20 Å². The molecule has 82 valence electrons. The number of hydrogen-bond donors (Lipinski definition) is 0. The van der Waals surface area contributed by atoms with Crippen LogP contribution in [0.1, 0.15) is 36.1 Å². The van der Waals surface area contributed by atoms with Crippen molar-refractivity contribution in [3.63, 3.8) is 0 Å². The number of nitrogens with zero attached hydrogens (tertiary/aromatic N) is 1. The predicted molar refractivity (Wildman–Crippen MR) is 62.1 cm³/mol. The van der Waals surface area contributed by atoms with Gasteiger partial charge in [0.25, 0.3) is 0 Å². The SMILES string of the molecule is Cc1ncc(CC2CC(C)CCC2=O)s1. The van der Waals surface area contributed by atoms with Crippen molar-refractivity contribution >= 4 is 17.1 Å². The summed E-state index contributed by atoms with van der Waals surface area (Å²) in [6.45, 7) is 4.26. The number of aromatic nitrogens is 1. The van der Waals surface area contributed by atoms with Crippen LogP contribution in [0.25, 0.3) is 0 Å². The molecule has 2 rings (SSSR count). The Bertz CT molecular complexity index is 358. The monoisotopic (exact) mass is 223 g/mol. The van der Waals surface area contributed by atoms with Gasteiger partial charge in [-0.15, -0.1) is 11.3 Å². The average Bonchev–Trinajstić information content (AvgIpc) is 2.58. The molecular weight excluding hydrogens is 206 g/mol. The first-order chi connectivity index (χ1) is 7.15. The van der Waals surface area contributed by atoms with E-state index in [1.165, 1.54) is 4.88 Å². The molecule has 1 saturated carbocycles. The molecule has 0 aliphatic heterocycles. The Balaban J connectivity index is 2.01. The molecule has 2 atom stereocenters. The number of hydrogen-bond acceptors (Lipinski definition) is 3. The quantitative estimate of drug-likeness (QED) is 0.771. The van der Waals surface area contributed by atoms with E-state index in [0.29, 0.717) is 11.7 Å². The number of ketones is 1. The number of rotatable bonds is 2. The van der Waals surface area contributed by atoms with Crippen LogP contribution in [0.2, 0.25) is 0 Å². The topological polar surface area (TPSA) is 30.0 Å². The Hall–Kier alpha value is -0.700. The zero-order valence-corrected chi connectivity index (χ0v) is 10.1. The molecule has 2 nitrogen and oxygen atoms in total. The van der Waals surface area contributed by atoms with Gasteiger partial charge in [-0.1, -0.05) is 6.92 Å². The maximum Gasteiger partial charge on any atom is 0.136 e. The lowest BCUT2D eigenvalue weighted by atomic mass is 9.80. The fourth-order valence-electron chi connectivity index (χ4n) is 2.27. The van der Waals surface area contributed by atoms with Gasteiger partial charge in [0.15, 0.2) is 0 Å². The summed E-state index contributed by atoms with van der Waals surface area (Å²) >= 11 is 1.72. The Morgan fingerprint density at radius 1 is 1.60 bits per heavy atom. The minimum absolute atomic E-state index is 0.258. The zero-order chi connectivity index (χ0) is 10.8. The lowest BCUT2D eigenvalue weighted by Gasteiger charge is -2.24. The van der Waals surface area contributed by atoms with E-state index in [4.69, 9.17) is 0 Å². The molecule has 15 heavy (non-hydrogen) atoms. The van der Waals surface area contributed by atoms with Crippen LogP contribution in [0.3, 0.4) is 0 Å². The molecule has 0 radical (unpaired) electrons. The van der Waals surface area contributed by atoms with Gasteiger partial charge in [0.1, 0.15) is 5.78 Å². The van der Waals surface area contributed by atoms with Crippen LogP contribution < -0.4 is 0 Å². The fraction of sp³-hybridized carbons (Fsp3) is 0.667. The lowest BCUT2D eigenvalue weighted by Crippen LogP contribution is -2.25. The van der Waals surface area contributed by atoms with Gasteiger partial charge in [0.2, 0.25) is 0 Å². The molecule has 1 aliphatic rings. The molecule has 0 bridgehead atoms. The van der Waals surface area contributed by atoms with Crippen molar-refractivity contribution in [3.05, 3.63) is 16.1 Å². The minimum atomic E-state index is 0.258. The number of Topliss-reactive ketones (excluding diaryl/α,β-unsaturated/α-hetero) is 1. The van der Waals surface area contributed by atoms with Crippen LogP contribution in [0, 0.1) is 18.8 Å². The van der Waals surface area contributed by atoms with Crippen LogP contribution in [-0.4, -0.2) is 10.8 Å². The Labute approximate surface area is 94.7 Å². The second kappa shape index (κ2) is 4.44. The third-order valence-electron chi connectivity index (χ3n) is 3.14. The highest BCUT2D eigenvalue weighted by Crippen LogP contribution is 2.29. The van der Waals surface area contributed by atoms with E-state index in [9.17, 15) is 4.79 Å². The van der Waals surface area contributed by atoms with E-state index < -0.39 is 0 Å². The lowest BCUT2D eigenvalue weighted by molar-refractivity contribution is -0.125. The molecular formula is C12H17NOS. The summed E-state index contributed by atoms with van der Waals surface area (Å²) in [4.78, 5) is 17.2. The van der Waals surface area contributed by atoms with E-state index in [-0.39, 0.29) is 5.92 Å². The molecule has 1 heterocycles. The molecule has 0 spiro atoms. The molecule has 0 N–H and O–H groups in total. The summed E-state index contributed by atoms with van der Waals surface area (Å²) < 4.78 is 0. The van der Waals surface area contributed by atoms with E-state index >= 15 is 0 Å². The molecule has 3 heteroatoms. The maximum absolute atomic E-state index is 11.7. The molecule has 2 unspecified atom stereocenters. The highest BCUT2D eigenvalue weighted by molar-refractivity contribution is 7.11. The maximum atomic E-state index is 11.7. The van der Waals surface area contributed by atoms with Gasteiger partial charge in [-0.25, -0.2) is 4.98 Å². The van der Waals surface area contributed by atoms with Crippen molar-refractivity contribution in [3.8, 4) is 0 Å². The normalized spacial score (nSPS) is 26.9. The van der Waals surface area contributed by atoms with Gasteiger partial charge < -0.3 is 0 Å². The summed E-state index contributed by atoms with van der Waals surface area (Å²) in [5.74, 6) is 1.43. The Morgan fingerprint density at radius 3 is 3.07 bits per heavy atom. The van der Waals surface area contributed by atoms with Gasteiger partial charge in [0.05, 0.1) is 5.01 Å². The molecule has 1 aromatic rings. The van der Waals surface area contributed by atoms with Crippen molar-refractivity contribution in [1.29, 1.82) is 0 Å². The Kier molecular flexibility index (Phi) is 3.19. The van der Waals surface area contributed by atoms with Crippen molar-refractivity contribution in [1.82, 2.24) is 4.98 Å². The van der Waals surface area contributed by atoms with Crippen molar-refractivity contribution in [2.75, 3.05) is 0 Å². The van der Waals surface area contributed by atoms with Crippen LogP contribution in [-0.2, 0) is 11.2 Å². The fourth-order valence-corrected chi connectivity index (χ4v) is 3.14. The number of aryl methyl sites for hydroxylation is 1. The third-order valence-corrected chi connectivity index (χ3v) is 4.08. The van der Waals surface area contributed by atoms with Crippen molar-refractivity contribution in [2.45, 2.75) is 39.5 Å². The number of thiazole rings is 1. The summed E-state index contributed by atoms with van der Waals surface area (Å²) in [6, 6.07) is 0. The third kappa shape index (κ3) is 2.65. The molecule has 0 aromatic carbocycles. The van der Waals surface area contributed by atoms with Gasteiger partial charge in [-0.2, -0.15) is 0 Å². The number of carbonyl (C=O) groups excluding carboxylic acids is 1. The van der Waals surface area contributed by atoms with Gasteiger partial charge in [-0.3, -0.25) is 4.79 Å². The van der Waals surface area contributed by atoms with Crippen LogP contribution in [0.4, 0.5) is 0 Å².